The molecule has 0 spiro atoms. The Bertz CT molecular complexity index is 363. The Morgan fingerprint density at radius 3 is 2.68 bits per heavy atom. The molecule has 1 saturated heterocycles. The Morgan fingerprint density at radius 1 is 1.16 bits per heavy atom. The maximum atomic E-state index is 5.80. The van der Waals surface area contributed by atoms with Crippen LogP contribution in [0, 0.1) is 0 Å². The third-order valence-electron chi connectivity index (χ3n) is 3.86. The smallest absolute Gasteiger partial charge is 0.115 e. The highest BCUT2D eigenvalue weighted by molar-refractivity contribution is 5.13. The summed E-state index contributed by atoms with van der Waals surface area (Å²) in [5.41, 5.74) is 1.20. The van der Waals surface area contributed by atoms with Gasteiger partial charge in [0, 0.05) is 0 Å². The molecule has 1 aliphatic heterocycles. The van der Waals surface area contributed by atoms with Crippen molar-refractivity contribution in [2.24, 2.45) is 0 Å². The summed E-state index contributed by atoms with van der Waals surface area (Å²) >= 11 is 0. The molecule has 2 atom stereocenters. The summed E-state index contributed by atoms with van der Waals surface area (Å²) in [6.45, 7) is 5.81. The fourth-order valence-electron chi connectivity index (χ4n) is 2.48. The van der Waals surface area contributed by atoms with Crippen molar-refractivity contribution in [3.8, 4) is 0 Å². The molecule has 1 aromatic carbocycles. The topological polar surface area (TPSA) is 21.8 Å². The number of ether oxygens (including phenoxy) is 2. The Kier molecular flexibility index (Phi) is 5.41. The van der Waals surface area contributed by atoms with E-state index in [1.807, 2.05) is 18.2 Å². The van der Waals surface area contributed by atoms with Crippen LogP contribution in [0.15, 0.2) is 30.3 Å². The zero-order chi connectivity index (χ0) is 13.6. The van der Waals surface area contributed by atoms with Crippen molar-refractivity contribution in [1.29, 1.82) is 0 Å². The maximum absolute atomic E-state index is 5.80. The minimum Gasteiger partial charge on any atom is -0.374 e. The average molecular weight is 262 g/mol. The van der Waals surface area contributed by atoms with Crippen molar-refractivity contribution in [3.63, 3.8) is 0 Å². The molecule has 0 saturated carbocycles. The first-order valence-corrected chi connectivity index (χ1v) is 7.54. The van der Waals surface area contributed by atoms with E-state index in [2.05, 4.69) is 26.0 Å². The summed E-state index contributed by atoms with van der Waals surface area (Å²) in [5.74, 6) is 0. The van der Waals surface area contributed by atoms with Gasteiger partial charge in [0.15, 0.2) is 0 Å². The Morgan fingerprint density at radius 2 is 1.95 bits per heavy atom. The SMILES string of the molecule is CCCCCC[C@H]1O[C@]1(C)COCc1ccccc1. The molecule has 0 radical (unpaired) electrons. The van der Waals surface area contributed by atoms with Gasteiger partial charge in [0.25, 0.3) is 0 Å². The highest BCUT2D eigenvalue weighted by Gasteiger charge is 2.51. The van der Waals surface area contributed by atoms with E-state index in [9.17, 15) is 0 Å². The van der Waals surface area contributed by atoms with Crippen molar-refractivity contribution in [2.45, 2.75) is 64.3 Å². The largest absolute Gasteiger partial charge is 0.374 e. The van der Waals surface area contributed by atoms with Gasteiger partial charge in [0.2, 0.25) is 0 Å². The summed E-state index contributed by atoms with van der Waals surface area (Å²) in [6, 6.07) is 10.3. The standard InChI is InChI=1S/C17H26O2/c1-3-4-5-9-12-16-17(2,19-16)14-18-13-15-10-7-6-8-11-15/h6-8,10-11,16H,3-5,9,12-14H2,1-2H3/t16-,17-/m1/s1. The first-order chi connectivity index (χ1) is 9.24. The molecule has 1 heterocycles. The molecule has 0 aliphatic carbocycles. The summed E-state index contributed by atoms with van der Waals surface area (Å²) in [7, 11) is 0. The van der Waals surface area contributed by atoms with E-state index < -0.39 is 0 Å². The number of unbranched alkanes of at least 4 members (excludes halogenated alkanes) is 3. The van der Waals surface area contributed by atoms with Gasteiger partial charge in [-0.3, -0.25) is 0 Å². The van der Waals surface area contributed by atoms with Crippen LogP contribution in [0.2, 0.25) is 0 Å². The van der Waals surface area contributed by atoms with Gasteiger partial charge in [-0.15, -0.1) is 0 Å². The van der Waals surface area contributed by atoms with Gasteiger partial charge in [0.05, 0.1) is 19.3 Å². The number of benzene rings is 1. The molecule has 1 fully saturated rings. The van der Waals surface area contributed by atoms with E-state index >= 15 is 0 Å². The molecular weight excluding hydrogens is 236 g/mol. The molecule has 1 aromatic rings. The van der Waals surface area contributed by atoms with E-state index in [0.29, 0.717) is 19.3 Å². The third kappa shape index (κ3) is 4.63. The first kappa shape index (κ1) is 14.5. The fourth-order valence-corrected chi connectivity index (χ4v) is 2.48. The van der Waals surface area contributed by atoms with Crippen molar-refractivity contribution < 1.29 is 9.47 Å². The Balaban J connectivity index is 1.59. The lowest BCUT2D eigenvalue weighted by Crippen LogP contribution is -2.18. The summed E-state index contributed by atoms with van der Waals surface area (Å²) < 4.78 is 11.6. The van der Waals surface area contributed by atoms with Crippen LogP contribution in [0.5, 0.6) is 0 Å². The van der Waals surface area contributed by atoms with Crippen LogP contribution in [0.25, 0.3) is 0 Å². The zero-order valence-electron chi connectivity index (χ0n) is 12.2. The van der Waals surface area contributed by atoms with Crippen molar-refractivity contribution in [3.05, 3.63) is 35.9 Å². The lowest BCUT2D eigenvalue weighted by atomic mass is 10.0. The van der Waals surface area contributed by atoms with Crippen LogP contribution in [-0.2, 0) is 16.1 Å². The van der Waals surface area contributed by atoms with E-state index in [-0.39, 0.29) is 5.60 Å². The van der Waals surface area contributed by atoms with E-state index in [0.717, 1.165) is 0 Å². The number of hydrogen-bond donors (Lipinski definition) is 0. The zero-order valence-corrected chi connectivity index (χ0v) is 12.2. The normalized spacial score (nSPS) is 25.5. The lowest BCUT2D eigenvalue weighted by molar-refractivity contribution is 0.0742. The van der Waals surface area contributed by atoms with E-state index in [1.165, 1.54) is 37.7 Å². The molecule has 2 nitrogen and oxygen atoms in total. The van der Waals surface area contributed by atoms with Crippen molar-refractivity contribution in [2.75, 3.05) is 6.61 Å². The molecule has 1 aliphatic rings. The monoisotopic (exact) mass is 262 g/mol. The van der Waals surface area contributed by atoms with Gasteiger partial charge in [-0.25, -0.2) is 0 Å². The van der Waals surface area contributed by atoms with Crippen LogP contribution in [0.4, 0.5) is 0 Å². The highest BCUT2D eigenvalue weighted by atomic mass is 16.6. The second-order valence-electron chi connectivity index (χ2n) is 5.75. The summed E-state index contributed by atoms with van der Waals surface area (Å²) in [5, 5.41) is 0. The quantitative estimate of drug-likeness (QED) is 0.488. The van der Waals surface area contributed by atoms with Gasteiger partial charge in [-0.2, -0.15) is 0 Å². The molecule has 2 heteroatoms. The second kappa shape index (κ2) is 7.06. The molecule has 0 aromatic heterocycles. The molecule has 0 amide bonds. The molecule has 106 valence electrons. The fraction of sp³-hybridized carbons (Fsp3) is 0.647. The molecule has 0 unspecified atom stereocenters. The van der Waals surface area contributed by atoms with Crippen molar-refractivity contribution in [1.82, 2.24) is 0 Å². The van der Waals surface area contributed by atoms with Crippen LogP contribution < -0.4 is 0 Å². The van der Waals surface area contributed by atoms with Gasteiger partial charge in [0.1, 0.15) is 5.60 Å². The predicted molar refractivity (Wildman–Crippen MR) is 78.1 cm³/mol. The number of hydrogen-bond acceptors (Lipinski definition) is 2. The third-order valence-corrected chi connectivity index (χ3v) is 3.86. The molecule has 0 bridgehead atoms. The minimum absolute atomic E-state index is 0.0268. The van der Waals surface area contributed by atoms with Gasteiger partial charge >= 0.3 is 0 Å². The summed E-state index contributed by atoms with van der Waals surface area (Å²) in [6.07, 6.45) is 6.85. The second-order valence-corrected chi connectivity index (χ2v) is 5.75. The summed E-state index contributed by atoms with van der Waals surface area (Å²) in [4.78, 5) is 0. The van der Waals surface area contributed by atoms with Crippen LogP contribution in [-0.4, -0.2) is 18.3 Å². The molecular formula is C17H26O2. The Hall–Kier alpha value is -0.860. The number of epoxide rings is 1. The van der Waals surface area contributed by atoms with Crippen LogP contribution >= 0.6 is 0 Å². The van der Waals surface area contributed by atoms with E-state index in [4.69, 9.17) is 9.47 Å². The maximum Gasteiger partial charge on any atom is 0.115 e. The van der Waals surface area contributed by atoms with Crippen molar-refractivity contribution >= 4 is 0 Å². The Labute approximate surface area is 117 Å². The molecule has 0 N–H and O–H groups in total. The van der Waals surface area contributed by atoms with Gasteiger partial charge < -0.3 is 9.47 Å². The molecule has 19 heavy (non-hydrogen) atoms. The van der Waals surface area contributed by atoms with E-state index in [1.54, 1.807) is 0 Å². The predicted octanol–water partition coefficient (Wildman–Crippen LogP) is 4.33. The number of rotatable bonds is 9. The first-order valence-electron chi connectivity index (χ1n) is 7.54. The highest BCUT2D eigenvalue weighted by Crippen LogP contribution is 2.39. The lowest BCUT2D eigenvalue weighted by Gasteiger charge is -2.08. The van der Waals surface area contributed by atoms with Crippen LogP contribution in [0.3, 0.4) is 0 Å². The minimum atomic E-state index is -0.0268. The van der Waals surface area contributed by atoms with Gasteiger partial charge in [-0.1, -0.05) is 62.9 Å². The van der Waals surface area contributed by atoms with Crippen LogP contribution in [0.1, 0.15) is 51.5 Å². The average Bonchev–Trinajstić information content (AvgIpc) is 3.07. The molecule has 2 rings (SSSR count). The van der Waals surface area contributed by atoms with Gasteiger partial charge in [-0.05, 0) is 18.9 Å².